The summed E-state index contributed by atoms with van der Waals surface area (Å²) in [6, 6.07) is 12.5. The average molecular weight is 494 g/mol. The first-order valence-corrected chi connectivity index (χ1v) is 13.7. The highest BCUT2D eigenvalue weighted by atomic mass is 19.3. The van der Waals surface area contributed by atoms with Crippen LogP contribution in [0.25, 0.3) is 10.9 Å². The van der Waals surface area contributed by atoms with Crippen molar-refractivity contribution in [2.75, 3.05) is 13.1 Å². The molecule has 3 nitrogen and oxygen atoms in total. The van der Waals surface area contributed by atoms with Gasteiger partial charge in [-0.3, -0.25) is 4.90 Å². The molecule has 2 heterocycles. The van der Waals surface area contributed by atoms with E-state index in [1.165, 1.54) is 29.5 Å². The monoisotopic (exact) mass is 493 g/mol. The van der Waals surface area contributed by atoms with Crippen molar-refractivity contribution in [3.05, 3.63) is 70.7 Å². The maximum atomic E-state index is 13.6. The molecule has 0 saturated carbocycles. The van der Waals surface area contributed by atoms with E-state index in [4.69, 9.17) is 0 Å². The van der Waals surface area contributed by atoms with E-state index < -0.39 is 5.92 Å². The van der Waals surface area contributed by atoms with E-state index in [0.29, 0.717) is 11.0 Å². The van der Waals surface area contributed by atoms with Crippen LogP contribution in [0.15, 0.2) is 42.7 Å². The molecule has 36 heavy (non-hydrogen) atoms. The number of aryl methyl sites for hydroxylation is 3. The summed E-state index contributed by atoms with van der Waals surface area (Å²) >= 11 is 0. The Kier molecular flexibility index (Phi) is 8.39. The quantitative estimate of drug-likeness (QED) is 0.291. The number of benzene rings is 2. The van der Waals surface area contributed by atoms with E-state index in [1.54, 1.807) is 12.4 Å². The summed E-state index contributed by atoms with van der Waals surface area (Å²) in [5.41, 5.74) is 7.15. The minimum absolute atomic E-state index is 0.257. The topological polar surface area (TPSA) is 29.0 Å². The van der Waals surface area contributed by atoms with E-state index in [0.717, 1.165) is 75.3 Å². The van der Waals surface area contributed by atoms with Crippen molar-refractivity contribution >= 4 is 10.9 Å². The lowest BCUT2D eigenvalue weighted by Gasteiger charge is -2.42. The van der Waals surface area contributed by atoms with Crippen LogP contribution >= 0.6 is 0 Å². The molecule has 0 aliphatic carbocycles. The van der Waals surface area contributed by atoms with Gasteiger partial charge in [0.15, 0.2) is 0 Å². The van der Waals surface area contributed by atoms with Gasteiger partial charge in [-0.2, -0.15) is 0 Å². The molecule has 194 valence electrons. The summed E-state index contributed by atoms with van der Waals surface area (Å²) in [6.07, 6.45) is 9.01. The molecule has 1 aliphatic heterocycles. The zero-order valence-corrected chi connectivity index (χ0v) is 22.4. The standard InChI is InChI=1S/C31H41F2N3/c1-5-25-10-8-24(18-26(25)6-2)21-36-16-14-31(7-3,15-17-36)13-12-29-27-19-23(20-30(4,32)33)9-11-28(27)34-22-35-29/h8-11,18-19,22H,5-7,12-17,20-21H2,1-4H3. The number of nitrogens with zero attached hydrogens (tertiary/aromatic N) is 3. The van der Waals surface area contributed by atoms with E-state index in [1.807, 2.05) is 12.1 Å². The lowest BCUT2D eigenvalue weighted by atomic mass is 9.72. The van der Waals surface area contributed by atoms with Gasteiger partial charge in [0, 0.05) is 18.4 Å². The molecule has 0 atom stereocenters. The smallest absolute Gasteiger partial charge is 0.249 e. The number of likely N-dealkylation sites (tertiary alicyclic amines) is 1. The van der Waals surface area contributed by atoms with E-state index in [2.05, 4.69) is 53.8 Å². The van der Waals surface area contributed by atoms with E-state index in [-0.39, 0.29) is 6.42 Å². The number of rotatable bonds is 10. The van der Waals surface area contributed by atoms with Gasteiger partial charge in [0.05, 0.1) is 11.2 Å². The maximum absolute atomic E-state index is 13.6. The van der Waals surface area contributed by atoms with Gasteiger partial charge < -0.3 is 0 Å². The maximum Gasteiger partial charge on any atom is 0.249 e. The Hall–Kier alpha value is -2.40. The molecule has 5 heteroatoms. The second kappa shape index (κ2) is 11.3. The van der Waals surface area contributed by atoms with Gasteiger partial charge in [-0.25, -0.2) is 18.7 Å². The second-order valence-electron chi connectivity index (χ2n) is 10.9. The molecule has 0 spiro atoms. The zero-order valence-electron chi connectivity index (χ0n) is 22.4. The van der Waals surface area contributed by atoms with Crippen molar-refractivity contribution in [2.24, 2.45) is 5.41 Å². The van der Waals surface area contributed by atoms with Crippen molar-refractivity contribution in [3.8, 4) is 0 Å². The van der Waals surface area contributed by atoms with E-state index in [9.17, 15) is 8.78 Å². The van der Waals surface area contributed by atoms with Crippen molar-refractivity contribution < 1.29 is 8.78 Å². The fourth-order valence-electron chi connectivity index (χ4n) is 5.88. The molecule has 2 aromatic carbocycles. The number of halogens is 2. The molecule has 0 radical (unpaired) electrons. The molecule has 0 unspecified atom stereocenters. The van der Waals surface area contributed by atoms with E-state index >= 15 is 0 Å². The highest BCUT2D eigenvalue weighted by Crippen LogP contribution is 2.40. The number of fused-ring (bicyclic) bond motifs is 1. The van der Waals surface area contributed by atoms with Gasteiger partial charge in [0.2, 0.25) is 5.92 Å². The highest BCUT2D eigenvalue weighted by molar-refractivity contribution is 5.81. The predicted molar refractivity (Wildman–Crippen MR) is 145 cm³/mol. The fraction of sp³-hybridized carbons (Fsp3) is 0.548. The number of aromatic nitrogens is 2. The number of piperidine rings is 1. The molecule has 1 saturated heterocycles. The number of alkyl halides is 2. The van der Waals surface area contributed by atoms with Gasteiger partial charge >= 0.3 is 0 Å². The van der Waals surface area contributed by atoms with Gasteiger partial charge in [-0.1, -0.05) is 51.5 Å². The molecule has 0 amide bonds. The third kappa shape index (κ3) is 6.47. The molecular formula is C31H41F2N3. The Morgan fingerprint density at radius 1 is 0.917 bits per heavy atom. The van der Waals surface area contributed by atoms with Crippen LogP contribution in [0.1, 0.15) is 81.3 Å². The Labute approximate surface area is 215 Å². The highest BCUT2D eigenvalue weighted by Gasteiger charge is 2.33. The normalized spacial score (nSPS) is 16.5. The molecule has 1 aliphatic rings. The first kappa shape index (κ1) is 26.7. The third-order valence-electron chi connectivity index (χ3n) is 8.29. The lowest BCUT2D eigenvalue weighted by molar-refractivity contribution is 0.0226. The van der Waals surface area contributed by atoms with Crippen LogP contribution in [0, 0.1) is 5.41 Å². The largest absolute Gasteiger partial charge is 0.299 e. The van der Waals surface area contributed by atoms with Gasteiger partial charge in [-0.05, 0) is 98.3 Å². The molecule has 4 rings (SSSR count). The van der Waals surface area contributed by atoms with Crippen LogP contribution in [-0.2, 0) is 32.2 Å². The van der Waals surface area contributed by atoms with Crippen LogP contribution in [0.3, 0.4) is 0 Å². The third-order valence-corrected chi connectivity index (χ3v) is 8.29. The predicted octanol–water partition coefficient (Wildman–Crippen LogP) is 7.58. The Morgan fingerprint density at radius 2 is 1.64 bits per heavy atom. The number of hydrogen-bond acceptors (Lipinski definition) is 3. The Bertz CT molecular complexity index is 1160. The fourth-order valence-corrected chi connectivity index (χ4v) is 5.88. The lowest BCUT2D eigenvalue weighted by Crippen LogP contribution is -2.39. The minimum atomic E-state index is -2.72. The zero-order chi connectivity index (χ0) is 25.8. The molecule has 0 bridgehead atoms. The molecule has 1 aromatic heterocycles. The molecule has 3 aromatic rings. The first-order valence-electron chi connectivity index (χ1n) is 13.7. The van der Waals surface area contributed by atoms with Crippen LogP contribution in [0.5, 0.6) is 0 Å². The summed E-state index contributed by atoms with van der Waals surface area (Å²) in [5.74, 6) is -2.72. The van der Waals surface area contributed by atoms with Crippen LogP contribution < -0.4 is 0 Å². The van der Waals surface area contributed by atoms with Crippen molar-refractivity contribution in [3.63, 3.8) is 0 Å². The van der Waals surface area contributed by atoms with Crippen molar-refractivity contribution in [1.29, 1.82) is 0 Å². The van der Waals surface area contributed by atoms with Gasteiger partial charge in [-0.15, -0.1) is 0 Å². The van der Waals surface area contributed by atoms with Gasteiger partial charge in [0.1, 0.15) is 6.33 Å². The van der Waals surface area contributed by atoms with Crippen molar-refractivity contribution in [2.45, 2.75) is 91.5 Å². The Morgan fingerprint density at radius 3 is 2.31 bits per heavy atom. The van der Waals surface area contributed by atoms with Gasteiger partial charge in [0.25, 0.3) is 0 Å². The molecule has 0 N–H and O–H groups in total. The SMILES string of the molecule is CCc1ccc(CN2CCC(CC)(CCc3ncnc4ccc(CC(C)(F)F)cc34)CC2)cc1CC. The van der Waals surface area contributed by atoms with Crippen LogP contribution in [-0.4, -0.2) is 33.9 Å². The second-order valence-corrected chi connectivity index (χ2v) is 10.9. The van der Waals surface area contributed by atoms with Crippen LogP contribution in [0.4, 0.5) is 8.78 Å². The molecular weight excluding hydrogens is 452 g/mol. The Balaban J connectivity index is 1.41. The summed E-state index contributed by atoms with van der Waals surface area (Å²) in [6.45, 7) is 11.0. The summed E-state index contributed by atoms with van der Waals surface area (Å²) in [7, 11) is 0. The summed E-state index contributed by atoms with van der Waals surface area (Å²) in [4.78, 5) is 11.6. The first-order chi connectivity index (χ1) is 17.2. The van der Waals surface area contributed by atoms with Crippen LogP contribution in [0.2, 0.25) is 0 Å². The number of hydrogen-bond donors (Lipinski definition) is 0. The molecule has 1 fully saturated rings. The minimum Gasteiger partial charge on any atom is -0.299 e. The summed E-state index contributed by atoms with van der Waals surface area (Å²) < 4.78 is 27.2. The van der Waals surface area contributed by atoms with Crippen molar-refractivity contribution in [1.82, 2.24) is 14.9 Å². The average Bonchev–Trinajstić information content (AvgIpc) is 2.87. The summed E-state index contributed by atoms with van der Waals surface area (Å²) in [5, 5.41) is 0.921.